The Kier molecular flexibility index (Phi) is 3.06. The van der Waals surface area contributed by atoms with Crippen molar-refractivity contribution in [3.05, 3.63) is 59.2 Å². The van der Waals surface area contributed by atoms with Gasteiger partial charge in [-0.1, -0.05) is 0 Å². The number of hydrogen-bond donors (Lipinski definition) is 0. The number of hydroxylamine groups is 2. The molecule has 0 radical (unpaired) electrons. The lowest BCUT2D eigenvalue weighted by Crippen LogP contribution is -2.45. The third kappa shape index (κ3) is 2.00. The Morgan fingerprint density at radius 1 is 1.29 bits per heavy atom. The van der Waals surface area contributed by atoms with Gasteiger partial charge in [-0.25, -0.2) is 8.60 Å². The van der Waals surface area contributed by atoms with Gasteiger partial charge in [-0.2, -0.15) is 0 Å². The van der Waals surface area contributed by atoms with Gasteiger partial charge in [0.15, 0.2) is 11.3 Å². The highest BCUT2D eigenvalue weighted by Crippen LogP contribution is 2.28. The van der Waals surface area contributed by atoms with E-state index < -0.39 is 10.5 Å². The van der Waals surface area contributed by atoms with Gasteiger partial charge in [-0.3, -0.25) is 4.65 Å². The largest absolute Gasteiger partial charge is 0.616 e. The summed E-state index contributed by atoms with van der Waals surface area (Å²) in [7, 11) is 0. The van der Waals surface area contributed by atoms with Crippen LogP contribution in [-0.4, -0.2) is 9.20 Å². The van der Waals surface area contributed by atoms with E-state index in [2.05, 4.69) is 0 Å². The molecule has 0 N–H and O–H groups in total. The molecule has 0 bridgehead atoms. The van der Waals surface area contributed by atoms with E-state index in [1.165, 1.54) is 30.5 Å². The fraction of sp³-hybridized carbons (Fsp3) is 0.0833. The van der Waals surface area contributed by atoms with Crippen LogP contribution in [0, 0.1) is 11.0 Å². The quantitative estimate of drug-likeness (QED) is 0.437. The van der Waals surface area contributed by atoms with Crippen LogP contribution in [0.15, 0.2) is 48.2 Å². The van der Waals surface area contributed by atoms with E-state index >= 15 is 0 Å². The number of allylic oxidation sites excluding steroid dienone is 2. The highest BCUT2D eigenvalue weighted by Gasteiger charge is 2.29. The Balaban J connectivity index is 2.56. The van der Waals surface area contributed by atoms with Crippen LogP contribution < -0.4 is 4.65 Å². The summed E-state index contributed by atoms with van der Waals surface area (Å²) in [5.74, 6) is -0.412. The van der Waals surface area contributed by atoms with E-state index in [-0.39, 0.29) is 16.2 Å². The summed E-state index contributed by atoms with van der Waals surface area (Å²) in [5.41, 5.74) is 0.945. The van der Waals surface area contributed by atoms with Crippen LogP contribution >= 0.6 is 0 Å². The molecule has 1 unspecified atom stereocenters. The van der Waals surface area contributed by atoms with Crippen LogP contribution in [-0.2, 0) is 11.3 Å². The number of benzene rings is 1. The van der Waals surface area contributed by atoms with Crippen molar-refractivity contribution < 1.29 is 8.60 Å². The first kappa shape index (κ1) is 11.9. The molecule has 88 valence electrons. The Bertz CT molecular complexity index is 558. The average molecular weight is 251 g/mol. The summed E-state index contributed by atoms with van der Waals surface area (Å²) in [6.07, 6.45) is 4.67. The summed E-state index contributed by atoms with van der Waals surface area (Å²) >= 11 is 0.173. The minimum atomic E-state index is -0.962. The second kappa shape index (κ2) is 4.37. The predicted octanol–water partition coefficient (Wildman–Crippen LogP) is 2.45. The van der Waals surface area contributed by atoms with Crippen molar-refractivity contribution in [3.63, 3.8) is 0 Å². The molecule has 0 aliphatic carbocycles. The zero-order chi connectivity index (χ0) is 12.5. The summed E-state index contributed by atoms with van der Waals surface area (Å²) in [6.45, 7) is 1.71. The minimum Gasteiger partial charge on any atom is -0.616 e. The maximum absolute atomic E-state index is 12.8. The molecule has 17 heavy (non-hydrogen) atoms. The molecule has 3 nitrogen and oxygen atoms in total. The second-order valence-electron chi connectivity index (χ2n) is 3.71. The third-order valence-corrected chi connectivity index (χ3v) is 3.32. The lowest BCUT2D eigenvalue weighted by molar-refractivity contribution is 0.625. The van der Waals surface area contributed by atoms with Gasteiger partial charge in [0.2, 0.25) is 4.99 Å². The van der Waals surface area contributed by atoms with E-state index in [1.807, 2.05) is 0 Å². The fourth-order valence-corrected chi connectivity index (χ4v) is 2.17. The summed E-state index contributed by atoms with van der Waals surface area (Å²) < 4.78 is 22.9. The fourth-order valence-electron chi connectivity index (χ4n) is 1.70. The van der Waals surface area contributed by atoms with Gasteiger partial charge in [0, 0.05) is 17.7 Å². The van der Waals surface area contributed by atoms with Gasteiger partial charge in [0.25, 0.3) is 0 Å². The standard InChI is InChI=1S/C12H10FNO2S/c1-9-3-2-8-14(15,12(9)17-16)11-6-4-10(13)5-7-11/h2-8H,1H3. The van der Waals surface area contributed by atoms with Crippen LogP contribution in [0.2, 0.25) is 0 Å². The molecular formula is C12H10FNO2S. The number of halogens is 1. The van der Waals surface area contributed by atoms with Crippen molar-refractivity contribution in [2.75, 3.05) is 0 Å². The van der Waals surface area contributed by atoms with Crippen molar-refractivity contribution in [1.82, 2.24) is 4.65 Å². The first-order valence-corrected chi connectivity index (χ1v) is 5.72. The zero-order valence-electron chi connectivity index (χ0n) is 9.09. The molecule has 0 fully saturated rings. The van der Waals surface area contributed by atoms with Gasteiger partial charge in [0.05, 0.1) is 0 Å². The van der Waals surface area contributed by atoms with Gasteiger partial charge in [0.1, 0.15) is 17.7 Å². The molecule has 1 aromatic rings. The van der Waals surface area contributed by atoms with E-state index in [0.717, 1.165) is 0 Å². The number of hydrogen-bond acceptors (Lipinski definition) is 2. The van der Waals surface area contributed by atoms with Crippen molar-refractivity contribution >= 4 is 21.9 Å². The molecule has 1 aliphatic rings. The van der Waals surface area contributed by atoms with Crippen molar-refractivity contribution in [1.29, 1.82) is 0 Å². The van der Waals surface area contributed by atoms with Gasteiger partial charge < -0.3 is 5.21 Å². The summed E-state index contributed by atoms with van der Waals surface area (Å²) in [4.78, 5) is 0.152. The number of rotatable bonds is 1. The van der Waals surface area contributed by atoms with E-state index in [0.29, 0.717) is 11.3 Å². The monoisotopic (exact) mass is 251 g/mol. The average Bonchev–Trinajstić information content (AvgIpc) is 2.30. The molecule has 1 heterocycles. The molecule has 1 atom stereocenters. The minimum absolute atomic E-state index is 0.152. The van der Waals surface area contributed by atoms with Gasteiger partial charge in [-0.15, -0.1) is 0 Å². The van der Waals surface area contributed by atoms with Crippen molar-refractivity contribution in [2.45, 2.75) is 6.92 Å². The number of nitrogens with zero attached hydrogens (tertiary/aromatic N) is 1. The lowest BCUT2D eigenvalue weighted by atomic mass is 10.1. The smallest absolute Gasteiger partial charge is 0.239 e. The van der Waals surface area contributed by atoms with E-state index in [1.54, 1.807) is 19.1 Å². The zero-order valence-corrected chi connectivity index (χ0v) is 9.91. The molecular weight excluding hydrogens is 241 g/mol. The van der Waals surface area contributed by atoms with Crippen molar-refractivity contribution in [3.8, 4) is 0 Å². The Labute approximate surface area is 102 Å². The maximum atomic E-state index is 12.8. The van der Waals surface area contributed by atoms with Gasteiger partial charge >= 0.3 is 0 Å². The molecule has 5 heteroatoms. The third-order valence-electron chi connectivity index (χ3n) is 2.57. The summed E-state index contributed by atoms with van der Waals surface area (Å²) in [6, 6.07) is 5.20. The van der Waals surface area contributed by atoms with Crippen LogP contribution in [0.3, 0.4) is 0 Å². The van der Waals surface area contributed by atoms with E-state index in [4.69, 9.17) is 0 Å². The summed E-state index contributed by atoms with van der Waals surface area (Å²) in [5, 5.41) is 12.6. The molecule has 2 rings (SSSR count). The van der Waals surface area contributed by atoms with Crippen LogP contribution in [0.5, 0.6) is 0 Å². The lowest BCUT2D eigenvalue weighted by Gasteiger charge is -2.38. The Morgan fingerprint density at radius 3 is 2.53 bits per heavy atom. The molecule has 0 spiro atoms. The second-order valence-corrected chi connectivity index (χ2v) is 4.27. The van der Waals surface area contributed by atoms with Crippen LogP contribution in [0.4, 0.5) is 10.1 Å². The molecule has 0 saturated carbocycles. The SMILES string of the molecule is CC1=CC=C[N+]([O-])(c2ccc(F)cc2)C1=S=O. The first-order valence-electron chi connectivity index (χ1n) is 4.97. The first-order chi connectivity index (χ1) is 8.08. The van der Waals surface area contributed by atoms with E-state index in [9.17, 15) is 13.8 Å². The highest BCUT2D eigenvalue weighted by molar-refractivity contribution is 7.67. The molecule has 0 aromatic heterocycles. The number of quaternary nitrogens is 1. The molecule has 1 aliphatic heterocycles. The van der Waals surface area contributed by atoms with Crippen molar-refractivity contribution in [2.24, 2.45) is 0 Å². The molecule has 1 aromatic carbocycles. The predicted molar refractivity (Wildman–Crippen MR) is 67.6 cm³/mol. The normalized spacial score (nSPS) is 23.5. The topological polar surface area (TPSA) is 40.1 Å². The van der Waals surface area contributed by atoms with Gasteiger partial charge in [-0.05, 0) is 31.2 Å². The Hall–Kier alpha value is -1.56. The van der Waals surface area contributed by atoms with Crippen LogP contribution in [0.25, 0.3) is 0 Å². The maximum Gasteiger partial charge on any atom is 0.239 e. The highest BCUT2D eigenvalue weighted by atomic mass is 32.1. The van der Waals surface area contributed by atoms with Crippen LogP contribution in [0.1, 0.15) is 6.92 Å². The molecule has 0 saturated heterocycles. The Morgan fingerprint density at radius 2 is 1.94 bits per heavy atom. The molecule has 0 amide bonds.